The molecule has 1 N–H and O–H groups in total. The molecule has 1 unspecified atom stereocenters. The van der Waals surface area contributed by atoms with Gasteiger partial charge in [-0.3, -0.25) is 4.79 Å². The molecule has 27 heavy (non-hydrogen) atoms. The number of nitrogens with one attached hydrogen (secondary N) is 1. The summed E-state index contributed by atoms with van der Waals surface area (Å²) in [5.74, 6) is 0.653. The summed E-state index contributed by atoms with van der Waals surface area (Å²) in [7, 11) is 0. The van der Waals surface area contributed by atoms with Crippen LogP contribution >= 0.6 is 0 Å². The van der Waals surface area contributed by atoms with E-state index in [2.05, 4.69) is 15.6 Å². The van der Waals surface area contributed by atoms with Crippen molar-refractivity contribution in [2.75, 3.05) is 13.2 Å². The molecule has 3 aromatic rings. The number of rotatable bonds is 6. The maximum atomic E-state index is 12.2. The summed E-state index contributed by atoms with van der Waals surface area (Å²) < 4.78 is 21.3. The molecular weight excluding hydrogens is 350 g/mol. The Morgan fingerprint density at radius 2 is 2.11 bits per heavy atom. The van der Waals surface area contributed by atoms with Gasteiger partial charge in [0.05, 0.1) is 24.3 Å². The maximum Gasteiger partial charge on any atom is 0.290 e. The smallest absolute Gasteiger partial charge is 0.290 e. The molecule has 140 valence electrons. The van der Waals surface area contributed by atoms with E-state index in [1.165, 1.54) is 6.07 Å². The third-order valence-electron chi connectivity index (χ3n) is 4.37. The number of nitrogens with zero attached hydrogens (tertiary/aromatic N) is 2. The third kappa shape index (κ3) is 3.85. The molecule has 8 heteroatoms. The van der Waals surface area contributed by atoms with Gasteiger partial charge in [0, 0.05) is 12.2 Å². The average molecular weight is 369 g/mol. The first-order chi connectivity index (χ1) is 13.2. The van der Waals surface area contributed by atoms with E-state index in [0.717, 1.165) is 23.2 Å². The fourth-order valence-electron chi connectivity index (χ4n) is 2.87. The van der Waals surface area contributed by atoms with Crippen molar-refractivity contribution in [1.82, 2.24) is 15.6 Å². The molecule has 0 bridgehead atoms. The second-order valence-electron chi connectivity index (χ2n) is 6.28. The van der Waals surface area contributed by atoms with Gasteiger partial charge in [0.25, 0.3) is 11.8 Å². The van der Waals surface area contributed by atoms with Gasteiger partial charge in [0.1, 0.15) is 18.1 Å². The number of carbonyl (C=O) groups excluding carboxylic acids is 1. The van der Waals surface area contributed by atoms with Crippen LogP contribution in [0.1, 0.15) is 28.3 Å². The lowest BCUT2D eigenvalue weighted by atomic mass is 10.1. The minimum atomic E-state index is -0.334. The Kier molecular flexibility index (Phi) is 4.88. The Morgan fingerprint density at radius 3 is 2.89 bits per heavy atom. The lowest BCUT2D eigenvalue weighted by Crippen LogP contribution is -2.34. The number of benzene rings is 1. The number of hydrogen-bond donors (Lipinski definition) is 1. The Morgan fingerprint density at radius 1 is 1.26 bits per heavy atom. The molecule has 0 aliphatic carbocycles. The molecule has 1 aromatic carbocycles. The molecule has 1 aliphatic heterocycles. The quantitative estimate of drug-likeness (QED) is 0.713. The van der Waals surface area contributed by atoms with E-state index in [-0.39, 0.29) is 30.2 Å². The van der Waals surface area contributed by atoms with E-state index in [1.807, 2.05) is 37.3 Å². The van der Waals surface area contributed by atoms with Crippen molar-refractivity contribution in [1.29, 1.82) is 0 Å². The monoisotopic (exact) mass is 369 g/mol. The van der Waals surface area contributed by atoms with Gasteiger partial charge in [-0.25, -0.2) is 0 Å². The lowest BCUT2D eigenvalue weighted by Gasteiger charge is -2.07. The molecular formula is C19H19N3O5. The first-order valence-corrected chi connectivity index (χ1v) is 8.69. The molecule has 0 radical (unpaired) electrons. The number of ether oxygens (including phenoxy) is 2. The molecule has 4 rings (SSSR count). The van der Waals surface area contributed by atoms with E-state index in [4.69, 9.17) is 18.5 Å². The van der Waals surface area contributed by atoms with E-state index in [9.17, 15) is 4.79 Å². The first kappa shape index (κ1) is 17.3. The van der Waals surface area contributed by atoms with Crippen molar-refractivity contribution in [3.05, 3.63) is 53.5 Å². The fourth-order valence-corrected chi connectivity index (χ4v) is 2.87. The van der Waals surface area contributed by atoms with Crippen LogP contribution in [0.2, 0.25) is 0 Å². The molecule has 8 nitrogen and oxygen atoms in total. The molecule has 2 aromatic heterocycles. The van der Waals surface area contributed by atoms with Gasteiger partial charge < -0.3 is 23.8 Å². The molecule has 1 atom stereocenters. The zero-order valence-electron chi connectivity index (χ0n) is 14.8. The summed E-state index contributed by atoms with van der Waals surface area (Å²) in [5, 5.41) is 10.8. The van der Waals surface area contributed by atoms with E-state index >= 15 is 0 Å². The van der Waals surface area contributed by atoms with Crippen LogP contribution in [0.5, 0.6) is 5.88 Å². The van der Waals surface area contributed by atoms with Crippen molar-refractivity contribution < 1.29 is 23.3 Å². The normalized spacial score (nSPS) is 16.4. The number of hydrogen-bond acceptors (Lipinski definition) is 7. The summed E-state index contributed by atoms with van der Waals surface area (Å²) >= 11 is 0. The van der Waals surface area contributed by atoms with Gasteiger partial charge in [-0.15, -0.1) is 0 Å². The molecule has 1 fully saturated rings. The molecule has 1 amide bonds. The molecule has 0 saturated carbocycles. The van der Waals surface area contributed by atoms with Crippen LogP contribution in [-0.4, -0.2) is 35.5 Å². The van der Waals surface area contributed by atoms with E-state index in [1.54, 1.807) is 0 Å². The van der Waals surface area contributed by atoms with Gasteiger partial charge in [0.15, 0.2) is 0 Å². The van der Waals surface area contributed by atoms with Crippen molar-refractivity contribution in [2.24, 2.45) is 0 Å². The SMILES string of the molecule is Cc1onc(-c2ccccc2)c1COc1cc(C(=O)NC2CCOC2)on1. The molecule has 3 heterocycles. The van der Waals surface area contributed by atoms with Gasteiger partial charge in [0.2, 0.25) is 5.76 Å². The number of amides is 1. The molecule has 0 spiro atoms. The minimum absolute atomic E-state index is 0.0000493. The van der Waals surface area contributed by atoms with Crippen molar-refractivity contribution in [3.8, 4) is 17.1 Å². The minimum Gasteiger partial charge on any atom is -0.470 e. The zero-order valence-corrected chi connectivity index (χ0v) is 14.8. The van der Waals surface area contributed by atoms with Crippen LogP contribution in [-0.2, 0) is 11.3 Å². The van der Waals surface area contributed by atoms with Crippen molar-refractivity contribution in [3.63, 3.8) is 0 Å². The summed E-state index contributed by atoms with van der Waals surface area (Å²) in [4.78, 5) is 12.2. The highest BCUT2D eigenvalue weighted by Crippen LogP contribution is 2.26. The van der Waals surface area contributed by atoms with Crippen LogP contribution in [0, 0.1) is 6.92 Å². The summed E-state index contributed by atoms with van der Waals surface area (Å²) in [5.41, 5.74) is 2.47. The molecule has 1 saturated heterocycles. The first-order valence-electron chi connectivity index (χ1n) is 8.69. The van der Waals surface area contributed by atoms with Crippen LogP contribution in [0.15, 0.2) is 45.4 Å². The predicted octanol–water partition coefficient (Wildman–Crippen LogP) is 2.74. The Labute approximate surface area is 155 Å². The Balaban J connectivity index is 1.42. The summed E-state index contributed by atoms with van der Waals surface area (Å²) in [6, 6.07) is 11.2. The second-order valence-corrected chi connectivity index (χ2v) is 6.28. The molecule has 1 aliphatic rings. The Bertz CT molecular complexity index is 913. The zero-order chi connectivity index (χ0) is 18.6. The highest BCUT2D eigenvalue weighted by molar-refractivity contribution is 5.91. The highest BCUT2D eigenvalue weighted by Gasteiger charge is 2.22. The van der Waals surface area contributed by atoms with Crippen LogP contribution in [0.3, 0.4) is 0 Å². The van der Waals surface area contributed by atoms with Gasteiger partial charge in [-0.05, 0) is 18.5 Å². The Hall–Kier alpha value is -3.13. The largest absolute Gasteiger partial charge is 0.470 e. The lowest BCUT2D eigenvalue weighted by molar-refractivity contribution is 0.0892. The van der Waals surface area contributed by atoms with Gasteiger partial charge >= 0.3 is 0 Å². The second kappa shape index (κ2) is 7.63. The number of carbonyl (C=O) groups is 1. The van der Waals surface area contributed by atoms with Gasteiger partial charge in [-0.2, -0.15) is 0 Å². The van der Waals surface area contributed by atoms with Crippen LogP contribution in [0.25, 0.3) is 11.3 Å². The van der Waals surface area contributed by atoms with Gasteiger partial charge in [-0.1, -0.05) is 35.5 Å². The van der Waals surface area contributed by atoms with E-state index < -0.39 is 0 Å². The van der Waals surface area contributed by atoms with Crippen molar-refractivity contribution >= 4 is 5.91 Å². The maximum absolute atomic E-state index is 12.2. The predicted molar refractivity (Wildman–Crippen MR) is 94.2 cm³/mol. The average Bonchev–Trinajstić information content (AvgIpc) is 3.42. The number of aromatic nitrogens is 2. The van der Waals surface area contributed by atoms with E-state index in [0.29, 0.717) is 19.0 Å². The highest BCUT2D eigenvalue weighted by atomic mass is 16.5. The number of aryl methyl sites for hydroxylation is 1. The summed E-state index contributed by atoms with van der Waals surface area (Å²) in [6.45, 7) is 3.18. The third-order valence-corrected chi connectivity index (χ3v) is 4.37. The van der Waals surface area contributed by atoms with Crippen LogP contribution < -0.4 is 10.1 Å². The van der Waals surface area contributed by atoms with Crippen LogP contribution in [0.4, 0.5) is 0 Å². The topological polar surface area (TPSA) is 99.6 Å². The summed E-state index contributed by atoms with van der Waals surface area (Å²) in [6.07, 6.45) is 0.790. The standard InChI is InChI=1S/C19H19N3O5/c1-12-15(18(22-26-12)13-5-3-2-4-6-13)11-25-17-9-16(27-21-17)19(23)20-14-7-8-24-10-14/h2-6,9,14H,7-8,10-11H2,1H3,(H,20,23). The van der Waals surface area contributed by atoms with Crippen molar-refractivity contribution in [2.45, 2.75) is 26.0 Å². The fraction of sp³-hybridized carbons (Fsp3) is 0.316.